The Bertz CT molecular complexity index is 390. The standard InChI is InChI=1S/C13H20N2OS/c1-3-6-15(8-10-4-5-10)13(16)12-7-11(14)9(2)17-12/h7,10H,3-6,8,14H2,1-2H3. The molecule has 2 rings (SSSR count). The maximum atomic E-state index is 12.3. The Balaban J connectivity index is 2.08. The molecule has 0 unspecified atom stereocenters. The fraction of sp³-hybridized carbons (Fsp3) is 0.615. The summed E-state index contributed by atoms with van der Waals surface area (Å²) >= 11 is 1.51. The van der Waals surface area contributed by atoms with Gasteiger partial charge in [0, 0.05) is 23.7 Å². The Morgan fingerprint density at radius 3 is 2.76 bits per heavy atom. The number of nitrogen functional groups attached to an aromatic ring is 1. The van der Waals surface area contributed by atoms with Gasteiger partial charge in [0.25, 0.3) is 5.91 Å². The van der Waals surface area contributed by atoms with Gasteiger partial charge in [0.1, 0.15) is 0 Å². The molecular weight excluding hydrogens is 232 g/mol. The van der Waals surface area contributed by atoms with Crippen molar-refractivity contribution in [3.8, 4) is 0 Å². The summed E-state index contributed by atoms with van der Waals surface area (Å²) in [5, 5.41) is 0. The highest BCUT2D eigenvalue weighted by molar-refractivity contribution is 7.14. The molecule has 0 aliphatic heterocycles. The van der Waals surface area contributed by atoms with E-state index in [2.05, 4.69) is 6.92 Å². The third-order valence-electron chi connectivity index (χ3n) is 3.12. The van der Waals surface area contributed by atoms with Crippen molar-refractivity contribution >= 4 is 22.9 Å². The lowest BCUT2D eigenvalue weighted by atomic mass is 10.3. The quantitative estimate of drug-likeness (QED) is 0.876. The average Bonchev–Trinajstić information content (AvgIpc) is 3.04. The number of nitrogens with zero attached hydrogens (tertiary/aromatic N) is 1. The first-order valence-corrected chi connectivity index (χ1v) is 7.08. The monoisotopic (exact) mass is 252 g/mol. The van der Waals surface area contributed by atoms with Gasteiger partial charge in [0.15, 0.2) is 0 Å². The van der Waals surface area contributed by atoms with E-state index >= 15 is 0 Å². The largest absolute Gasteiger partial charge is 0.398 e. The van der Waals surface area contributed by atoms with Crippen molar-refractivity contribution in [2.24, 2.45) is 5.92 Å². The lowest BCUT2D eigenvalue weighted by Gasteiger charge is -2.21. The minimum Gasteiger partial charge on any atom is -0.398 e. The summed E-state index contributed by atoms with van der Waals surface area (Å²) in [6.45, 7) is 5.85. The molecule has 4 heteroatoms. The molecule has 1 aliphatic carbocycles. The summed E-state index contributed by atoms with van der Waals surface area (Å²) in [5.41, 5.74) is 6.54. The average molecular weight is 252 g/mol. The van der Waals surface area contributed by atoms with Gasteiger partial charge in [-0.25, -0.2) is 0 Å². The van der Waals surface area contributed by atoms with Crippen LogP contribution in [0.15, 0.2) is 6.07 Å². The number of anilines is 1. The van der Waals surface area contributed by atoms with Crippen LogP contribution < -0.4 is 5.73 Å². The molecule has 17 heavy (non-hydrogen) atoms. The second kappa shape index (κ2) is 5.08. The SMILES string of the molecule is CCCN(CC1CC1)C(=O)c1cc(N)c(C)s1. The molecule has 0 saturated heterocycles. The van der Waals surface area contributed by atoms with Crippen LogP contribution >= 0.6 is 11.3 Å². The molecule has 1 fully saturated rings. The van der Waals surface area contributed by atoms with Crippen molar-refractivity contribution in [2.45, 2.75) is 33.1 Å². The van der Waals surface area contributed by atoms with E-state index in [-0.39, 0.29) is 5.91 Å². The van der Waals surface area contributed by atoms with Crippen LogP contribution in [-0.4, -0.2) is 23.9 Å². The number of thiophene rings is 1. The summed E-state index contributed by atoms with van der Waals surface area (Å²) in [4.78, 5) is 16.2. The van der Waals surface area contributed by atoms with Crippen molar-refractivity contribution in [3.63, 3.8) is 0 Å². The fourth-order valence-corrected chi connectivity index (χ4v) is 2.82. The number of rotatable bonds is 5. The molecule has 1 aromatic heterocycles. The van der Waals surface area contributed by atoms with Crippen molar-refractivity contribution in [3.05, 3.63) is 15.8 Å². The Kier molecular flexibility index (Phi) is 3.72. The van der Waals surface area contributed by atoms with Gasteiger partial charge in [-0.15, -0.1) is 11.3 Å². The lowest BCUT2D eigenvalue weighted by Crippen LogP contribution is -2.33. The molecule has 94 valence electrons. The van der Waals surface area contributed by atoms with Crippen LogP contribution in [0.1, 0.15) is 40.7 Å². The van der Waals surface area contributed by atoms with Crippen LogP contribution in [0.5, 0.6) is 0 Å². The highest BCUT2D eigenvalue weighted by atomic mass is 32.1. The highest BCUT2D eigenvalue weighted by Gasteiger charge is 2.27. The molecule has 1 heterocycles. The van der Waals surface area contributed by atoms with Gasteiger partial charge < -0.3 is 10.6 Å². The topological polar surface area (TPSA) is 46.3 Å². The second-order valence-corrected chi connectivity index (χ2v) is 6.07. The van der Waals surface area contributed by atoms with Crippen molar-refractivity contribution in [2.75, 3.05) is 18.8 Å². The first-order chi connectivity index (χ1) is 8.11. The zero-order chi connectivity index (χ0) is 12.4. The number of amides is 1. The predicted octanol–water partition coefficient (Wildman–Crippen LogP) is 2.90. The fourth-order valence-electron chi connectivity index (χ4n) is 1.92. The summed E-state index contributed by atoms with van der Waals surface area (Å²) in [6.07, 6.45) is 3.57. The Hall–Kier alpha value is -1.03. The Labute approximate surface area is 107 Å². The highest BCUT2D eigenvalue weighted by Crippen LogP contribution is 2.31. The van der Waals surface area contributed by atoms with Gasteiger partial charge in [-0.1, -0.05) is 6.92 Å². The zero-order valence-corrected chi connectivity index (χ0v) is 11.3. The van der Waals surface area contributed by atoms with E-state index in [4.69, 9.17) is 5.73 Å². The van der Waals surface area contributed by atoms with Gasteiger partial charge in [-0.3, -0.25) is 4.79 Å². The van der Waals surface area contributed by atoms with Crippen LogP contribution in [0.3, 0.4) is 0 Å². The predicted molar refractivity (Wildman–Crippen MR) is 72.4 cm³/mol. The number of carbonyl (C=O) groups is 1. The first kappa shape index (κ1) is 12.4. The Morgan fingerprint density at radius 1 is 1.59 bits per heavy atom. The summed E-state index contributed by atoms with van der Waals surface area (Å²) in [6, 6.07) is 1.82. The van der Waals surface area contributed by atoms with E-state index in [9.17, 15) is 4.79 Å². The molecule has 1 aliphatic rings. The van der Waals surface area contributed by atoms with Gasteiger partial charge in [-0.05, 0) is 38.2 Å². The van der Waals surface area contributed by atoms with E-state index in [0.717, 1.165) is 40.9 Å². The van der Waals surface area contributed by atoms with Gasteiger partial charge >= 0.3 is 0 Å². The maximum absolute atomic E-state index is 12.3. The molecule has 1 aromatic rings. The molecule has 0 bridgehead atoms. The molecule has 1 saturated carbocycles. The summed E-state index contributed by atoms with van der Waals surface area (Å²) < 4.78 is 0. The van der Waals surface area contributed by atoms with Crippen molar-refractivity contribution in [1.82, 2.24) is 4.90 Å². The number of hydrogen-bond donors (Lipinski definition) is 1. The molecule has 1 amide bonds. The number of carbonyl (C=O) groups excluding carboxylic acids is 1. The van der Waals surface area contributed by atoms with Crippen molar-refractivity contribution < 1.29 is 4.79 Å². The second-order valence-electron chi connectivity index (χ2n) is 4.82. The van der Waals surface area contributed by atoms with E-state index in [1.54, 1.807) is 0 Å². The van der Waals surface area contributed by atoms with Crippen LogP contribution in [0.4, 0.5) is 5.69 Å². The number of aryl methyl sites for hydroxylation is 1. The van der Waals surface area contributed by atoms with E-state index in [0.29, 0.717) is 0 Å². The molecule has 0 radical (unpaired) electrons. The summed E-state index contributed by atoms with van der Waals surface area (Å²) in [7, 11) is 0. The molecule has 0 atom stereocenters. The lowest BCUT2D eigenvalue weighted by molar-refractivity contribution is 0.0752. The van der Waals surface area contributed by atoms with Crippen LogP contribution in [-0.2, 0) is 0 Å². The Morgan fingerprint density at radius 2 is 2.29 bits per heavy atom. The van der Waals surface area contributed by atoms with Crippen LogP contribution in [0.25, 0.3) is 0 Å². The molecular formula is C13H20N2OS. The maximum Gasteiger partial charge on any atom is 0.264 e. The van der Waals surface area contributed by atoms with E-state index in [1.165, 1.54) is 24.2 Å². The normalized spacial score (nSPS) is 14.9. The van der Waals surface area contributed by atoms with Crippen molar-refractivity contribution in [1.29, 1.82) is 0 Å². The van der Waals surface area contributed by atoms with Crippen LogP contribution in [0, 0.1) is 12.8 Å². The molecule has 3 nitrogen and oxygen atoms in total. The first-order valence-electron chi connectivity index (χ1n) is 6.27. The third kappa shape index (κ3) is 3.00. The molecule has 0 aromatic carbocycles. The minimum atomic E-state index is 0.156. The van der Waals surface area contributed by atoms with E-state index in [1.807, 2.05) is 17.9 Å². The van der Waals surface area contributed by atoms with Gasteiger partial charge in [0.05, 0.1) is 4.88 Å². The molecule has 0 spiro atoms. The van der Waals surface area contributed by atoms with Gasteiger partial charge in [0.2, 0.25) is 0 Å². The molecule has 2 N–H and O–H groups in total. The number of hydrogen-bond acceptors (Lipinski definition) is 3. The van der Waals surface area contributed by atoms with E-state index < -0.39 is 0 Å². The van der Waals surface area contributed by atoms with Crippen LogP contribution in [0.2, 0.25) is 0 Å². The minimum absolute atomic E-state index is 0.156. The smallest absolute Gasteiger partial charge is 0.264 e. The third-order valence-corrected chi connectivity index (χ3v) is 4.18. The number of nitrogens with two attached hydrogens (primary N) is 1. The summed E-state index contributed by atoms with van der Waals surface area (Å²) in [5.74, 6) is 0.896. The van der Waals surface area contributed by atoms with Gasteiger partial charge in [-0.2, -0.15) is 0 Å². The zero-order valence-electron chi connectivity index (χ0n) is 10.5.